The third-order valence-corrected chi connectivity index (χ3v) is 7.58. The molecule has 4 heterocycles. The van der Waals surface area contributed by atoms with Crippen LogP contribution in [0.2, 0.25) is 0 Å². The van der Waals surface area contributed by atoms with E-state index in [1.165, 1.54) is 11.3 Å². The zero-order valence-corrected chi connectivity index (χ0v) is 23.4. The molecule has 0 atom stereocenters. The molecule has 1 fully saturated rings. The number of carbonyl (C=O) groups excluding carboxylic acids is 1. The topological polar surface area (TPSA) is 116 Å². The number of halogens is 2. The van der Waals surface area contributed by atoms with Crippen LogP contribution >= 0.6 is 11.3 Å². The smallest absolute Gasteiger partial charge is 0.321 e. The van der Waals surface area contributed by atoms with Crippen molar-refractivity contribution in [2.45, 2.75) is 51.7 Å². The summed E-state index contributed by atoms with van der Waals surface area (Å²) >= 11 is 1.33. The minimum Gasteiger partial charge on any atom is -0.382 e. The Kier molecular flexibility index (Phi) is 7.76. The molecule has 0 aliphatic carbocycles. The Labute approximate surface area is 234 Å². The molecule has 1 aliphatic heterocycles. The van der Waals surface area contributed by atoms with Crippen LogP contribution in [0.5, 0.6) is 0 Å². The van der Waals surface area contributed by atoms with E-state index in [0.717, 1.165) is 21.4 Å². The lowest BCUT2D eigenvalue weighted by Gasteiger charge is -2.32. The highest BCUT2D eigenvalue weighted by molar-refractivity contribution is 7.22. The van der Waals surface area contributed by atoms with Crippen LogP contribution in [-0.2, 0) is 12.1 Å². The number of nitrogens with one attached hydrogen (secondary N) is 2. The highest BCUT2D eigenvalue weighted by Crippen LogP contribution is 2.38. The first-order chi connectivity index (χ1) is 19.0. The molecule has 1 aromatic carbocycles. The molecule has 9 nitrogen and oxygen atoms in total. The van der Waals surface area contributed by atoms with E-state index in [1.807, 2.05) is 31.2 Å². The number of nitrogens with zero attached hydrogens (tertiary/aromatic N) is 5. The van der Waals surface area contributed by atoms with Crippen LogP contribution < -0.4 is 10.6 Å². The molecule has 210 valence electrons. The number of piperidine rings is 1. The van der Waals surface area contributed by atoms with Crippen molar-refractivity contribution in [3.05, 3.63) is 54.2 Å². The summed E-state index contributed by atoms with van der Waals surface area (Å²) < 4.78 is 28.8. The molecule has 1 aliphatic rings. The average Bonchev–Trinajstić information content (AvgIpc) is 3.29. The van der Waals surface area contributed by atoms with Gasteiger partial charge >= 0.3 is 6.03 Å². The molecule has 12 heteroatoms. The van der Waals surface area contributed by atoms with E-state index in [0.29, 0.717) is 53.8 Å². The van der Waals surface area contributed by atoms with Crippen molar-refractivity contribution in [3.8, 4) is 22.4 Å². The predicted molar refractivity (Wildman–Crippen MR) is 151 cm³/mol. The Bertz CT molecular complexity index is 1520. The molecule has 1 saturated heterocycles. The summed E-state index contributed by atoms with van der Waals surface area (Å²) in [6, 6.07) is 7.25. The van der Waals surface area contributed by atoms with Crippen molar-refractivity contribution >= 4 is 32.7 Å². The number of aliphatic hydroxyl groups is 1. The molecule has 0 radical (unpaired) electrons. The number of hydrogen-bond acceptors (Lipinski definition) is 8. The van der Waals surface area contributed by atoms with Crippen LogP contribution in [-0.4, -0.2) is 61.5 Å². The Hall–Kier alpha value is -3.61. The first-order valence-corrected chi connectivity index (χ1v) is 13.9. The van der Waals surface area contributed by atoms with Crippen molar-refractivity contribution in [3.63, 3.8) is 0 Å². The number of thiazole rings is 1. The standard InChI is InChI=1S/C28H31F2N7O2S/c1-4-31-25(38)36-26-35-22-12-18(19-13-33-24(34-14-19)27(2,3)39)11-20(23(22)40-26)21-10-17(6-8-32-21)15-37-9-5-7-28(29,30)16-37/h6,8,10-14,39H,4-5,7,9,15-16H2,1-3H3,(H2,31,35,36,38). The quantitative estimate of drug-likeness (QED) is 0.273. The number of aromatic nitrogens is 4. The van der Waals surface area contributed by atoms with Crippen LogP contribution in [0, 0.1) is 0 Å². The minimum absolute atomic E-state index is 0.0750. The van der Waals surface area contributed by atoms with Crippen LogP contribution in [0.1, 0.15) is 45.0 Å². The van der Waals surface area contributed by atoms with Gasteiger partial charge < -0.3 is 10.4 Å². The van der Waals surface area contributed by atoms with Crippen molar-refractivity contribution in [1.29, 1.82) is 0 Å². The van der Waals surface area contributed by atoms with Crippen molar-refractivity contribution < 1.29 is 18.7 Å². The Morgan fingerprint density at radius 1 is 1.18 bits per heavy atom. The SMILES string of the molecule is CCNC(=O)Nc1nc2cc(-c3cnc(C(C)(C)O)nc3)cc(-c3cc(CN4CCCC(F)(F)C4)ccn3)c2s1. The van der Waals surface area contributed by atoms with E-state index in [1.54, 1.807) is 37.3 Å². The van der Waals surface area contributed by atoms with Gasteiger partial charge in [0.05, 0.1) is 22.5 Å². The lowest BCUT2D eigenvalue weighted by atomic mass is 10.0. The van der Waals surface area contributed by atoms with Crippen LogP contribution in [0.3, 0.4) is 0 Å². The number of hydrogen-bond donors (Lipinski definition) is 3. The maximum atomic E-state index is 14.0. The molecule has 0 spiro atoms. The maximum absolute atomic E-state index is 14.0. The summed E-state index contributed by atoms with van der Waals surface area (Å²) in [4.78, 5) is 31.9. The number of alkyl halides is 2. The predicted octanol–water partition coefficient (Wildman–Crippen LogP) is 5.42. The number of urea groups is 1. The van der Waals surface area contributed by atoms with Gasteiger partial charge in [-0.05, 0) is 69.1 Å². The van der Waals surface area contributed by atoms with Crippen LogP contribution in [0.15, 0.2) is 42.9 Å². The zero-order chi connectivity index (χ0) is 28.5. The first kappa shape index (κ1) is 27.9. The van der Waals surface area contributed by atoms with Gasteiger partial charge in [0.25, 0.3) is 5.92 Å². The van der Waals surface area contributed by atoms with Gasteiger partial charge in [0.2, 0.25) is 0 Å². The first-order valence-electron chi connectivity index (χ1n) is 13.1. The zero-order valence-electron chi connectivity index (χ0n) is 22.5. The average molecular weight is 568 g/mol. The fourth-order valence-corrected chi connectivity index (χ4v) is 5.66. The summed E-state index contributed by atoms with van der Waals surface area (Å²) in [5.41, 5.74) is 3.30. The van der Waals surface area contributed by atoms with E-state index < -0.39 is 11.5 Å². The van der Waals surface area contributed by atoms with E-state index in [9.17, 15) is 18.7 Å². The summed E-state index contributed by atoms with van der Waals surface area (Å²) in [6.45, 7) is 6.31. The molecule has 0 saturated carbocycles. The van der Waals surface area contributed by atoms with Crippen LogP contribution in [0.25, 0.3) is 32.6 Å². The number of anilines is 1. The third kappa shape index (κ3) is 6.40. The number of carbonyl (C=O) groups is 1. The largest absolute Gasteiger partial charge is 0.382 e. The van der Waals surface area contributed by atoms with Gasteiger partial charge in [0, 0.05) is 49.2 Å². The normalized spacial score (nSPS) is 15.8. The molecule has 3 N–H and O–H groups in total. The second-order valence-corrected chi connectivity index (χ2v) is 11.4. The third-order valence-electron chi connectivity index (χ3n) is 6.56. The number of likely N-dealkylation sites (tertiary alicyclic amines) is 1. The fraction of sp³-hybridized carbons (Fsp3) is 0.393. The highest BCUT2D eigenvalue weighted by atomic mass is 32.1. The molecule has 3 aromatic heterocycles. The maximum Gasteiger partial charge on any atom is 0.321 e. The Morgan fingerprint density at radius 2 is 1.95 bits per heavy atom. The van der Waals surface area contributed by atoms with E-state index in [2.05, 4.69) is 30.6 Å². The van der Waals surface area contributed by atoms with Crippen molar-refractivity contribution in [2.24, 2.45) is 0 Å². The molecule has 40 heavy (non-hydrogen) atoms. The number of benzene rings is 1. The van der Waals surface area contributed by atoms with Gasteiger partial charge in [-0.25, -0.2) is 28.5 Å². The molecule has 2 amide bonds. The summed E-state index contributed by atoms with van der Waals surface area (Å²) in [5, 5.41) is 16.1. The lowest BCUT2D eigenvalue weighted by Crippen LogP contribution is -2.42. The lowest BCUT2D eigenvalue weighted by molar-refractivity contribution is -0.0661. The van der Waals surface area contributed by atoms with Gasteiger partial charge in [0.1, 0.15) is 5.60 Å². The Morgan fingerprint density at radius 3 is 2.65 bits per heavy atom. The summed E-state index contributed by atoms with van der Waals surface area (Å²) in [5.74, 6) is -2.37. The second kappa shape index (κ2) is 11.1. The second-order valence-electron chi connectivity index (χ2n) is 10.4. The van der Waals surface area contributed by atoms with Gasteiger partial charge in [0.15, 0.2) is 11.0 Å². The van der Waals surface area contributed by atoms with Gasteiger partial charge in [-0.2, -0.15) is 0 Å². The molecule has 0 unspecified atom stereocenters. The van der Waals surface area contributed by atoms with Crippen molar-refractivity contribution in [1.82, 2.24) is 30.2 Å². The highest BCUT2D eigenvalue weighted by Gasteiger charge is 2.35. The molecular weight excluding hydrogens is 536 g/mol. The van der Waals surface area contributed by atoms with Gasteiger partial charge in [-0.15, -0.1) is 0 Å². The van der Waals surface area contributed by atoms with E-state index in [4.69, 9.17) is 0 Å². The Balaban J connectivity index is 1.55. The van der Waals surface area contributed by atoms with E-state index in [-0.39, 0.29) is 19.0 Å². The minimum atomic E-state index is -2.67. The number of rotatable bonds is 7. The number of amides is 2. The molecule has 0 bridgehead atoms. The number of pyridine rings is 1. The fourth-order valence-electron chi connectivity index (χ4n) is 4.70. The molecular formula is C28H31F2N7O2S. The van der Waals surface area contributed by atoms with Crippen LogP contribution in [0.4, 0.5) is 18.7 Å². The van der Waals surface area contributed by atoms with Gasteiger partial charge in [-0.3, -0.25) is 15.2 Å². The summed E-state index contributed by atoms with van der Waals surface area (Å²) in [7, 11) is 0. The monoisotopic (exact) mass is 567 g/mol. The van der Waals surface area contributed by atoms with Crippen molar-refractivity contribution in [2.75, 3.05) is 25.0 Å². The summed E-state index contributed by atoms with van der Waals surface area (Å²) in [6.07, 6.45) is 5.36. The molecule has 4 aromatic rings. The molecule has 5 rings (SSSR count). The number of fused-ring (bicyclic) bond motifs is 1. The van der Waals surface area contributed by atoms with Gasteiger partial charge in [-0.1, -0.05) is 11.3 Å². The van der Waals surface area contributed by atoms with E-state index >= 15 is 0 Å².